The van der Waals surface area contributed by atoms with Crippen molar-refractivity contribution in [3.63, 3.8) is 0 Å². The second kappa shape index (κ2) is 6.21. The lowest BCUT2D eigenvalue weighted by atomic mass is 10.1. The summed E-state index contributed by atoms with van der Waals surface area (Å²) in [6, 6.07) is 9.41. The van der Waals surface area contributed by atoms with Gasteiger partial charge in [-0.2, -0.15) is 0 Å². The van der Waals surface area contributed by atoms with E-state index in [4.69, 9.17) is 15.2 Å². The van der Waals surface area contributed by atoms with E-state index in [0.29, 0.717) is 13.0 Å². The SMILES string of the molecule is NC1C=CC(C(=O)OCCOc2ccccc2)C1. The first kappa shape index (κ1) is 12.6. The Labute approximate surface area is 106 Å². The van der Waals surface area contributed by atoms with E-state index in [2.05, 4.69) is 0 Å². The molecule has 0 bridgehead atoms. The van der Waals surface area contributed by atoms with Gasteiger partial charge in [0.25, 0.3) is 0 Å². The summed E-state index contributed by atoms with van der Waals surface area (Å²) < 4.78 is 10.5. The Morgan fingerprint density at radius 1 is 1.22 bits per heavy atom. The van der Waals surface area contributed by atoms with Gasteiger partial charge in [-0.1, -0.05) is 30.4 Å². The van der Waals surface area contributed by atoms with Gasteiger partial charge in [0, 0.05) is 6.04 Å². The zero-order valence-corrected chi connectivity index (χ0v) is 10.1. The lowest BCUT2D eigenvalue weighted by Gasteiger charge is -2.10. The van der Waals surface area contributed by atoms with Crippen molar-refractivity contribution < 1.29 is 14.3 Å². The van der Waals surface area contributed by atoms with E-state index in [1.54, 1.807) is 0 Å². The highest BCUT2D eigenvalue weighted by atomic mass is 16.6. The molecule has 0 aliphatic heterocycles. The summed E-state index contributed by atoms with van der Waals surface area (Å²) in [5.41, 5.74) is 5.67. The van der Waals surface area contributed by atoms with Crippen LogP contribution in [0.25, 0.3) is 0 Å². The quantitative estimate of drug-likeness (QED) is 0.487. The van der Waals surface area contributed by atoms with Gasteiger partial charge >= 0.3 is 5.97 Å². The average molecular weight is 247 g/mol. The maximum Gasteiger partial charge on any atom is 0.312 e. The minimum atomic E-state index is -0.226. The van der Waals surface area contributed by atoms with E-state index >= 15 is 0 Å². The Balaban J connectivity index is 1.64. The van der Waals surface area contributed by atoms with Crippen molar-refractivity contribution in [3.05, 3.63) is 42.5 Å². The largest absolute Gasteiger partial charge is 0.490 e. The molecular weight excluding hydrogens is 230 g/mol. The van der Waals surface area contributed by atoms with Crippen LogP contribution in [0.2, 0.25) is 0 Å². The average Bonchev–Trinajstić information content (AvgIpc) is 2.82. The number of ether oxygens (including phenoxy) is 2. The van der Waals surface area contributed by atoms with Crippen LogP contribution < -0.4 is 10.5 Å². The van der Waals surface area contributed by atoms with Crippen molar-refractivity contribution in [1.29, 1.82) is 0 Å². The third-order valence-electron chi connectivity index (χ3n) is 2.76. The van der Waals surface area contributed by atoms with Crippen molar-refractivity contribution >= 4 is 5.97 Å². The van der Waals surface area contributed by atoms with E-state index in [-0.39, 0.29) is 24.5 Å². The minimum absolute atomic E-state index is 0.0249. The van der Waals surface area contributed by atoms with Crippen molar-refractivity contribution in [2.24, 2.45) is 11.7 Å². The zero-order chi connectivity index (χ0) is 12.8. The van der Waals surface area contributed by atoms with Gasteiger partial charge in [-0.15, -0.1) is 0 Å². The van der Waals surface area contributed by atoms with Crippen LogP contribution in [0.5, 0.6) is 5.75 Å². The van der Waals surface area contributed by atoms with Crippen LogP contribution in [0.1, 0.15) is 6.42 Å². The number of para-hydroxylation sites is 1. The molecule has 4 nitrogen and oxygen atoms in total. The first-order chi connectivity index (χ1) is 8.75. The van der Waals surface area contributed by atoms with Crippen LogP contribution in [0.3, 0.4) is 0 Å². The fourth-order valence-electron chi connectivity index (χ4n) is 1.83. The number of hydrogen-bond donors (Lipinski definition) is 1. The molecule has 0 amide bonds. The molecule has 0 heterocycles. The summed E-state index contributed by atoms with van der Waals surface area (Å²) >= 11 is 0. The van der Waals surface area contributed by atoms with Gasteiger partial charge in [0.05, 0.1) is 5.92 Å². The fourth-order valence-corrected chi connectivity index (χ4v) is 1.83. The van der Waals surface area contributed by atoms with Gasteiger partial charge in [0.2, 0.25) is 0 Å². The number of rotatable bonds is 5. The van der Waals surface area contributed by atoms with E-state index in [0.717, 1.165) is 5.75 Å². The molecule has 0 radical (unpaired) electrons. The Hall–Kier alpha value is -1.81. The molecular formula is C14H17NO3. The van der Waals surface area contributed by atoms with Crippen LogP contribution in [0, 0.1) is 5.92 Å². The van der Waals surface area contributed by atoms with Crippen molar-refractivity contribution in [2.75, 3.05) is 13.2 Å². The van der Waals surface area contributed by atoms with Crippen LogP contribution in [0.4, 0.5) is 0 Å². The topological polar surface area (TPSA) is 61.6 Å². The fraction of sp³-hybridized carbons (Fsp3) is 0.357. The van der Waals surface area contributed by atoms with Crippen molar-refractivity contribution in [1.82, 2.24) is 0 Å². The number of carbonyl (C=O) groups excluding carboxylic acids is 1. The van der Waals surface area contributed by atoms with Gasteiger partial charge in [0.1, 0.15) is 19.0 Å². The molecule has 2 N–H and O–H groups in total. The van der Waals surface area contributed by atoms with E-state index < -0.39 is 0 Å². The van der Waals surface area contributed by atoms with Crippen molar-refractivity contribution in [2.45, 2.75) is 12.5 Å². The molecule has 0 saturated heterocycles. The van der Waals surface area contributed by atoms with E-state index in [9.17, 15) is 4.79 Å². The minimum Gasteiger partial charge on any atom is -0.490 e. The molecule has 2 rings (SSSR count). The zero-order valence-electron chi connectivity index (χ0n) is 10.1. The molecule has 0 fully saturated rings. The molecule has 0 saturated carbocycles. The second-order valence-corrected chi connectivity index (χ2v) is 4.22. The van der Waals surface area contributed by atoms with Crippen LogP contribution >= 0.6 is 0 Å². The highest BCUT2D eigenvalue weighted by molar-refractivity contribution is 5.75. The van der Waals surface area contributed by atoms with Gasteiger partial charge in [-0.3, -0.25) is 4.79 Å². The predicted octanol–water partition coefficient (Wildman–Crippen LogP) is 1.51. The number of nitrogens with two attached hydrogens (primary N) is 1. The molecule has 1 aromatic rings. The third-order valence-corrected chi connectivity index (χ3v) is 2.76. The molecule has 96 valence electrons. The summed E-state index contributed by atoms with van der Waals surface area (Å²) in [5.74, 6) is 0.351. The monoisotopic (exact) mass is 247 g/mol. The Morgan fingerprint density at radius 2 is 2.00 bits per heavy atom. The molecule has 0 aromatic heterocycles. The normalized spacial score (nSPS) is 21.8. The molecule has 1 aliphatic rings. The summed E-state index contributed by atoms with van der Waals surface area (Å²) in [6.07, 6.45) is 4.29. The van der Waals surface area contributed by atoms with Gasteiger partial charge < -0.3 is 15.2 Å². The lowest BCUT2D eigenvalue weighted by molar-refractivity contribution is -0.147. The highest BCUT2D eigenvalue weighted by Crippen LogP contribution is 2.17. The molecule has 18 heavy (non-hydrogen) atoms. The molecule has 4 heteroatoms. The molecule has 1 aliphatic carbocycles. The van der Waals surface area contributed by atoms with Crippen LogP contribution in [0.15, 0.2) is 42.5 Å². The second-order valence-electron chi connectivity index (χ2n) is 4.22. The number of benzene rings is 1. The Bertz CT molecular complexity index is 416. The molecule has 2 unspecified atom stereocenters. The van der Waals surface area contributed by atoms with Crippen LogP contribution in [-0.2, 0) is 9.53 Å². The maximum atomic E-state index is 11.6. The Morgan fingerprint density at radius 3 is 2.67 bits per heavy atom. The van der Waals surface area contributed by atoms with Crippen molar-refractivity contribution in [3.8, 4) is 5.75 Å². The first-order valence-electron chi connectivity index (χ1n) is 6.04. The summed E-state index contributed by atoms with van der Waals surface area (Å²) in [5, 5.41) is 0. The van der Waals surface area contributed by atoms with Gasteiger partial charge in [-0.25, -0.2) is 0 Å². The highest BCUT2D eigenvalue weighted by Gasteiger charge is 2.23. The summed E-state index contributed by atoms with van der Waals surface area (Å²) in [6.45, 7) is 0.617. The first-order valence-corrected chi connectivity index (χ1v) is 6.04. The van der Waals surface area contributed by atoms with Crippen LogP contribution in [-0.4, -0.2) is 25.2 Å². The lowest BCUT2D eigenvalue weighted by Crippen LogP contribution is -2.22. The third kappa shape index (κ3) is 3.60. The Kier molecular flexibility index (Phi) is 4.36. The summed E-state index contributed by atoms with van der Waals surface area (Å²) in [7, 11) is 0. The van der Waals surface area contributed by atoms with Gasteiger partial charge in [-0.05, 0) is 18.6 Å². The predicted molar refractivity (Wildman–Crippen MR) is 68.1 cm³/mol. The number of esters is 1. The number of hydrogen-bond acceptors (Lipinski definition) is 4. The van der Waals surface area contributed by atoms with Gasteiger partial charge in [0.15, 0.2) is 0 Å². The maximum absolute atomic E-state index is 11.6. The summed E-state index contributed by atoms with van der Waals surface area (Å²) in [4.78, 5) is 11.6. The van der Waals surface area contributed by atoms with E-state index in [1.165, 1.54) is 0 Å². The van der Waals surface area contributed by atoms with E-state index in [1.807, 2.05) is 42.5 Å². The smallest absolute Gasteiger partial charge is 0.312 e. The standard InChI is InChI=1S/C14H17NO3/c15-12-7-6-11(10-12)14(16)18-9-8-17-13-4-2-1-3-5-13/h1-7,11-12H,8-10,15H2. The molecule has 0 spiro atoms. The molecule has 1 aromatic carbocycles. The number of carbonyl (C=O) groups is 1. The molecule has 2 atom stereocenters.